The van der Waals surface area contributed by atoms with Crippen molar-refractivity contribution in [3.63, 3.8) is 0 Å². The maximum absolute atomic E-state index is 10.9. The molecule has 1 aliphatic heterocycles. The van der Waals surface area contributed by atoms with Gasteiger partial charge >= 0.3 is 5.97 Å². The Morgan fingerprint density at radius 3 is 2.91 bits per heavy atom. The third kappa shape index (κ3) is 2.89. The standard InChI is InChI=1S/C8H14O3/c1-6(8(9)10-2)3-4-7-5-11-7/h6-7H,3-5H2,1-2H3. The molecule has 0 bridgehead atoms. The molecule has 3 heteroatoms. The molecule has 3 nitrogen and oxygen atoms in total. The Balaban J connectivity index is 2.08. The molecule has 1 fully saturated rings. The van der Waals surface area contributed by atoms with Crippen molar-refractivity contribution >= 4 is 5.97 Å². The van der Waals surface area contributed by atoms with Crippen LogP contribution in [0.2, 0.25) is 0 Å². The molecule has 1 saturated heterocycles. The summed E-state index contributed by atoms with van der Waals surface area (Å²) in [7, 11) is 1.42. The molecule has 64 valence electrons. The van der Waals surface area contributed by atoms with E-state index in [1.807, 2.05) is 6.92 Å². The molecule has 0 aromatic heterocycles. The fourth-order valence-corrected chi connectivity index (χ4v) is 0.990. The van der Waals surface area contributed by atoms with E-state index in [2.05, 4.69) is 4.74 Å². The molecule has 1 heterocycles. The van der Waals surface area contributed by atoms with Crippen LogP contribution in [-0.2, 0) is 14.3 Å². The Hall–Kier alpha value is -0.570. The number of ether oxygens (including phenoxy) is 2. The fraction of sp³-hybridized carbons (Fsp3) is 0.875. The molecule has 1 rings (SSSR count). The molecule has 11 heavy (non-hydrogen) atoms. The highest BCUT2D eigenvalue weighted by atomic mass is 16.6. The largest absolute Gasteiger partial charge is 0.469 e. The van der Waals surface area contributed by atoms with Gasteiger partial charge in [-0.25, -0.2) is 0 Å². The first-order valence-electron chi connectivity index (χ1n) is 3.93. The second-order valence-corrected chi connectivity index (χ2v) is 2.96. The normalized spacial score (nSPS) is 24.4. The number of hydrogen-bond donors (Lipinski definition) is 0. The molecule has 0 saturated carbocycles. The zero-order valence-electron chi connectivity index (χ0n) is 7.00. The van der Waals surface area contributed by atoms with Crippen LogP contribution in [-0.4, -0.2) is 25.8 Å². The number of esters is 1. The lowest BCUT2D eigenvalue weighted by Gasteiger charge is -2.06. The molecule has 0 aromatic rings. The Morgan fingerprint density at radius 2 is 2.45 bits per heavy atom. The van der Waals surface area contributed by atoms with Gasteiger partial charge in [-0.2, -0.15) is 0 Å². The molecule has 0 aliphatic carbocycles. The van der Waals surface area contributed by atoms with E-state index in [0.29, 0.717) is 6.10 Å². The van der Waals surface area contributed by atoms with Gasteiger partial charge < -0.3 is 9.47 Å². The zero-order chi connectivity index (χ0) is 8.27. The summed E-state index contributed by atoms with van der Waals surface area (Å²) in [6.45, 7) is 2.75. The first-order chi connectivity index (χ1) is 5.24. The van der Waals surface area contributed by atoms with Crippen LogP contribution in [0.3, 0.4) is 0 Å². The number of carbonyl (C=O) groups excluding carboxylic acids is 1. The monoisotopic (exact) mass is 158 g/mol. The van der Waals surface area contributed by atoms with Crippen molar-refractivity contribution in [3.8, 4) is 0 Å². The lowest BCUT2D eigenvalue weighted by molar-refractivity contribution is -0.145. The average Bonchev–Trinajstić information content (AvgIpc) is 2.81. The molecular formula is C8H14O3. The summed E-state index contributed by atoms with van der Waals surface area (Å²) in [6, 6.07) is 0. The van der Waals surface area contributed by atoms with Crippen molar-refractivity contribution in [2.45, 2.75) is 25.9 Å². The van der Waals surface area contributed by atoms with Crippen molar-refractivity contribution in [2.24, 2.45) is 5.92 Å². The smallest absolute Gasteiger partial charge is 0.308 e. The summed E-state index contributed by atoms with van der Waals surface area (Å²) >= 11 is 0. The van der Waals surface area contributed by atoms with Crippen molar-refractivity contribution in [2.75, 3.05) is 13.7 Å². The van der Waals surface area contributed by atoms with Gasteiger partial charge in [0.05, 0.1) is 25.7 Å². The van der Waals surface area contributed by atoms with E-state index in [-0.39, 0.29) is 11.9 Å². The molecule has 0 N–H and O–H groups in total. The van der Waals surface area contributed by atoms with Crippen molar-refractivity contribution < 1.29 is 14.3 Å². The number of methoxy groups -OCH3 is 1. The zero-order valence-corrected chi connectivity index (χ0v) is 7.00. The van der Waals surface area contributed by atoms with Crippen LogP contribution in [0.4, 0.5) is 0 Å². The van der Waals surface area contributed by atoms with E-state index < -0.39 is 0 Å². The van der Waals surface area contributed by atoms with Crippen molar-refractivity contribution in [1.29, 1.82) is 0 Å². The number of carbonyl (C=O) groups is 1. The summed E-state index contributed by atoms with van der Waals surface area (Å²) < 4.78 is 9.61. The summed E-state index contributed by atoms with van der Waals surface area (Å²) in [5.41, 5.74) is 0. The maximum atomic E-state index is 10.9. The quantitative estimate of drug-likeness (QED) is 0.452. The third-order valence-electron chi connectivity index (χ3n) is 1.93. The molecule has 0 spiro atoms. The van der Waals surface area contributed by atoms with Crippen molar-refractivity contribution in [3.05, 3.63) is 0 Å². The molecule has 2 atom stereocenters. The van der Waals surface area contributed by atoms with Gasteiger partial charge in [0.1, 0.15) is 0 Å². The van der Waals surface area contributed by atoms with Gasteiger partial charge in [0.2, 0.25) is 0 Å². The summed E-state index contributed by atoms with van der Waals surface area (Å²) in [5.74, 6) is -0.102. The first kappa shape index (κ1) is 8.53. The minimum Gasteiger partial charge on any atom is -0.469 e. The minimum atomic E-state index is -0.120. The minimum absolute atomic E-state index is 0.0178. The van der Waals surface area contributed by atoms with Gasteiger partial charge in [0.25, 0.3) is 0 Å². The van der Waals surface area contributed by atoms with Crippen LogP contribution in [0.15, 0.2) is 0 Å². The van der Waals surface area contributed by atoms with E-state index in [1.165, 1.54) is 7.11 Å². The lowest BCUT2D eigenvalue weighted by Crippen LogP contribution is -2.13. The van der Waals surface area contributed by atoms with Gasteiger partial charge in [-0.05, 0) is 12.8 Å². The van der Waals surface area contributed by atoms with Gasteiger partial charge in [-0.3, -0.25) is 4.79 Å². The SMILES string of the molecule is COC(=O)C(C)CCC1CO1. The van der Waals surface area contributed by atoms with Gasteiger partial charge in [-0.15, -0.1) is 0 Å². The average molecular weight is 158 g/mol. The topological polar surface area (TPSA) is 38.8 Å². The highest BCUT2D eigenvalue weighted by Gasteiger charge is 2.24. The molecule has 0 aromatic carbocycles. The summed E-state index contributed by atoms with van der Waals surface area (Å²) in [6.07, 6.45) is 2.27. The second-order valence-electron chi connectivity index (χ2n) is 2.96. The predicted octanol–water partition coefficient (Wildman–Crippen LogP) is 0.974. The molecule has 0 radical (unpaired) electrons. The second kappa shape index (κ2) is 3.72. The Morgan fingerprint density at radius 1 is 1.82 bits per heavy atom. The van der Waals surface area contributed by atoms with Crippen LogP contribution in [0.1, 0.15) is 19.8 Å². The fourth-order valence-electron chi connectivity index (χ4n) is 0.990. The molecule has 2 unspecified atom stereocenters. The predicted molar refractivity (Wildman–Crippen MR) is 40.2 cm³/mol. The lowest BCUT2D eigenvalue weighted by atomic mass is 10.1. The Kier molecular flexibility index (Phi) is 2.88. The van der Waals surface area contributed by atoms with Gasteiger partial charge in [0.15, 0.2) is 0 Å². The highest BCUT2D eigenvalue weighted by Crippen LogP contribution is 2.19. The highest BCUT2D eigenvalue weighted by molar-refractivity contribution is 5.71. The van der Waals surface area contributed by atoms with Gasteiger partial charge in [-0.1, -0.05) is 6.92 Å². The number of epoxide rings is 1. The van der Waals surface area contributed by atoms with E-state index in [9.17, 15) is 4.79 Å². The maximum Gasteiger partial charge on any atom is 0.308 e. The Labute approximate surface area is 66.7 Å². The van der Waals surface area contributed by atoms with E-state index >= 15 is 0 Å². The van der Waals surface area contributed by atoms with Crippen LogP contribution < -0.4 is 0 Å². The van der Waals surface area contributed by atoms with Crippen LogP contribution in [0, 0.1) is 5.92 Å². The number of hydrogen-bond acceptors (Lipinski definition) is 3. The van der Waals surface area contributed by atoms with Crippen LogP contribution in [0.25, 0.3) is 0 Å². The third-order valence-corrected chi connectivity index (χ3v) is 1.93. The van der Waals surface area contributed by atoms with Crippen LogP contribution in [0.5, 0.6) is 0 Å². The number of rotatable bonds is 4. The first-order valence-corrected chi connectivity index (χ1v) is 3.93. The van der Waals surface area contributed by atoms with E-state index in [1.54, 1.807) is 0 Å². The summed E-state index contributed by atoms with van der Waals surface area (Å²) in [4.78, 5) is 10.9. The van der Waals surface area contributed by atoms with E-state index in [0.717, 1.165) is 19.4 Å². The molecule has 0 amide bonds. The van der Waals surface area contributed by atoms with Crippen LogP contribution >= 0.6 is 0 Å². The molecular weight excluding hydrogens is 144 g/mol. The van der Waals surface area contributed by atoms with Crippen molar-refractivity contribution in [1.82, 2.24) is 0 Å². The van der Waals surface area contributed by atoms with Gasteiger partial charge in [0, 0.05) is 0 Å². The Bertz CT molecular complexity index is 140. The van der Waals surface area contributed by atoms with E-state index in [4.69, 9.17) is 4.74 Å². The summed E-state index contributed by atoms with van der Waals surface area (Å²) in [5, 5.41) is 0. The molecule has 1 aliphatic rings.